The highest BCUT2D eigenvalue weighted by Gasteiger charge is 2.55. The van der Waals surface area contributed by atoms with E-state index in [0.717, 1.165) is 37.0 Å². The third kappa shape index (κ3) is 3.15. The second kappa shape index (κ2) is 6.84. The molecular formula is C19H20ClFN6O. The van der Waals surface area contributed by atoms with Crippen LogP contribution in [0.5, 0.6) is 0 Å². The van der Waals surface area contributed by atoms with Crippen LogP contribution >= 0.6 is 11.6 Å². The molecule has 1 saturated carbocycles. The number of carbonyl (C=O) groups is 1. The molecule has 3 atom stereocenters. The maximum Gasteiger partial charge on any atom is 0.318 e. The van der Waals surface area contributed by atoms with Gasteiger partial charge in [-0.2, -0.15) is 4.98 Å². The Morgan fingerprint density at radius 1 is 1.29 bits per heavy atom. The van der Waals surface area contributed by atoms with E-state index in [9.17, 15) is 9.18 Å². The van der Waals surface area contributed by atoms with Gasteiger partial charge in [-0.05, 0) is 47.4 Å². The minimum atomic E-state index is -0.435. The van der Waals surface area contributed by atoms with E-state index in [0.29, 0.717) is 43.2 Å². The Balaban J connectivity index is 1.07. The average Bonchev–Trinajstić information content (AvgIpc) is 3.05. The van der Waals surface area contributed by atoms with Gasteiger partial charge < -0.3 is 15.1 Å². The monoisotopic (exact) mass is 402 g/mol. The minimum absolute atomic E-state index is 0.0388. The van der Waals surface area contributed by atoms with Gasteiger partial charge in [-0.3, -0.25) is 4.98 Å². The molecule has 28 heavy (non-hydrogen) atoms. The van der Waals surface area contributed by atoms with Gasteiger partial charge in [0.05, 0.1) is 18.4 Å². The molecule has 2 fully saturated rings. The lowest BCUT2D eigenvalue weighted by Crippen LogP contribution is -2.37. The fraction of sp³-hybridized carbons (Fsp3) is 0.474. The predicted molar refractivity (Wildman–Crippen MR) is 101 cm³/mol. The molecule has 3 aliphatic rings. The molecule has 0 bridgehead atoms. The van der Waals surface area contributed by atoms with Gasteiger partial charge in [0, 0.05) is 32.4 Å². The molecule has 9 heteroatoms. The second-order valence-corrected chi connectivity index (χ2v) is 8.03. The summed E-state index contributed by atoms with van der Waals surface area (Å²) in [6.07, 6.45) is 3.82. The van der Waals surface area contributed by atoms with E-state index in [-0.39, 0.29) is 11.3 Å². The second-order valence-electron chi connectivity index (χ2n) is 7.69. The van der Waals surface area contributed by atoms with Crippen molar-refractivity contribution in [2.45, 2.75) is 19.5 Å². The lowest BCUT2D eigenvalue weighted by molar-refractivity contribution is 0.198. The molecule has 2 aromatic heterocycles. The summed E-state index contributed by atoms with van der Waals surface area (Å²) in [4.78, 5) is 28.1. The summed E-state index contributed by atoms with van der Waals surface area (Å²) in [5.74, 6) is 1.50. The molecule has 146 valence electrons. The van der Waals surface area contributed by atoms with Crippen LogP contribution in [0.15, 0.2) is 24.5 Å². The Bertz CT molecular complexity index is 890. The Morgan fingerprint density at radius 2 is 2.11 bits per heavy atom. The highest BCUT2D eigenvalue weighted by atomic mass is 35.5. The first-order chi connectivity index (χ1) is 13.6. The van der Waals surface area contributed by atoms with Crippen molar-refractivity contribution in [3.63, 3.8) is 0 Å². The first-order valence-corrected chi connectivity index (χ1v) is 9.86. The van der Waals surface area contributed by atoms with E-state index in [1.54, 1.807) is 11.1 Å². The van der Waals surface area contributed by atoms with E-state index < -0.39 is 5.82 Å². The maximum absolute atomic E-state index is 13.9. The van der Waals surface area contributed by atoms with Crippen LogP contribution in [0.3, 0.4) is 0 Å². The van der Waals surface area contributed by atoms with Crippen LogP contribution in [-0.4, -0.2) is 45.5 Å². The quantitative estimate of drug-likeness (QED) is 0.795. The number of nitrogens with one attached hydrogen (secondary N) is 1. The van der Waals surface area contributed by atoms with Crippen molar-refractivity contribution in [3.8, 4) is 0 Å². The zero-order chi connectivity index (χ0) is 19.3. The van der Waals surface area contributed by atoms with Crippen molar-refractivity contribution in [3.05, 3.63) is 46.9 Å². The zero-order valence-electron chi connectivity index (χ0n) is 15.2. The average molecular weight is 403 g/mol. The van der Waals surface area contributed by atoms with Gasteiger partial charge in [0.2, 0.25) is 5.28 Å². The van der Waals surface area contributed by atoms with Crippen molar-refractivity contribution < 1.29 is 9.18 Å². The number of hydrogen-bond donors (Lipinski definition) is 1. The Hall–Kier alpha value is -2.48. The molecule has 4 heterocycles. The molecule has 7 nitrogen and oxygen atoms in total. The maximum atomic E-state index is 13.9. The summed E-state index contributed by atoms with van der Waals surface area (Å²) < 4.78 is 13.9. The van der Waals surface area contributed by atoms with Gasteiger partial charge in [0.25, 0.3) is 0 Å². The summed E-state index contributed by atoms with van der Waals surface area (Å²) >= 11 is 5.79. The van der Waals surface area contributed by atoms with Crippen LogP contribution in [0.2, 0.25) is 5.28 Å². The summed E-state index contributed by atoms with van der Waals surface area (Å²) in [6, 6.07) is 3.88. The molecule has 1 aliphatic carbocycles. The molecule has 0 aromatic carbocycles. The smallest absolute Gasteiger partial charge is 0.318 e. The van der Waals surface area contributed by atoms with E-state index >= 15 is 0 Å². The molecular weight excluding hydrogens is 383 g/mol. The Morgan fingerprint density at radius 3 is 2.89 bits per heavy atom. The largest absolute Gasteiger partial charge is 0.353 e. The van der Waals surface area contributed by atoms with E-state index in [4.69, 9.17) is 11.6 Å². The Kier molecular flexibility index (Phi) is 4.30. The fourth-order valence-electron chi connectivity index (χ4n) is 4.61. The third-order valence-electron chi connectivity index (χ3n) is 6.09. The van der Waals surface area contributed by atoms with Crippen molar-refractivity contribution in [1.82, 2.24) is 25.2 Å². The van der Waals surface area contributed by atoms with Gasteiger partial charge in [0.1, 0.15) is 0 Å². The molecule has 5 rings (SSSR count). The van der Waals surface area contributed by atoms with Crippen molar-refractivity contribution in [2.75, 3.05) is 24.5 Å². The molecule has 0 radical (unpaired) electrons. The van der Waals surface area contributed by atoms with E-state index in [2.05, 4.69) is 20.3 Å². The number of fused-ring (bicyclic) bond motifs is 2. The number of amides is 2. The number of hydrogen-bond acceptors (Lipinski definition) is 5. The Labute approximate surface area is 166 Å². The number of halogens is 2. The van der Waals surface area contributed by atoms with Crippen LogP contribution in [0.4, 0.5) is 15.0 Å². The van der Waals surface area contributed by atoms with Crippen molar-refractivity contribution in [2.24, 2.45) is 17.8 Å². The number of carbonyl (C=O) groups excluding carboxylic acids is 1. The molecule has 2 aromatic rings. The van der Waals surface area contributed by atoms with Crippen LogP contribution in [0.1, 0.15) is 17.7 Å². The van der Waals surface area contributed by atoms with Gasteiger partial charge in [-0.25, -0.2) is 14.2 Å². The fourth-order valence-corrected chi connectivity index (χ4v) is 4.74. The molecule has 1 saturated heterocycles. The topological polar surface area (TPSA) is 74.2 Å². The summed E-state index contributed by atoms with van der Waals surface area (Å²) in [6.45, 7) is 3.40. The summed E-state index contributed by atoms with van der Waals surface area (Å²) in [5.41, 5.74) is 2.10. The standard InChI is InChI=1S/C19H20ClFN6O/c20-18-24-6-15(21)17(25-18)26-8-13-12(14(13)9-26)3-5-23-19(28)27-7-11-2-1-4-22-16(11)10-27/h1-2,4,6,12-14H,3,5,7-10H2,(H,23,28)/t12-,13-,14+. The molecule has 0 unspecified atom stereocenters. The number of nitrogens with zero attached hydrogens (tertiary/aromatic N) is 5. The van der Waals surface area contributed by atoms with Crippen LogP contribution in [0, 0.1) is 23.6 Å². The van der Waals surface area contributed by atoms with Crippen molar-refractivity contribution in [1.29, 1.82) is 0 Å². The number of aromatic nitrogens is 3. The zero-order valence-corrected chi connectivity index (χ0v) is 15.9. The van der Waals surface area contributed by atoms with Gasteiger partial charge in [0.15, 0.2) is 11.6 Å². The number of anilines is 1. The summed E-state index contributed by atoms with van der Waals surface area (Å²) in [5, 5.41) is 3.09. The first kappa shape index (κ1) is 17.6. The van der Waals surface area contributed by atoms with Gasteiger partial charge >= 0.3 is 6.03 Å². The van der Waals surface area contributed by atoms with Crippen LogP contribution in [-0.2, 0) is 13.1 Å². The lowest BCUT2D eigenvalue weighted by atomic mass is 10.2. The number of piperidine rings is 1. The van der Waals surface area contributed by atoms with Gasteiger partial charge in [-0.1, -0.05) is 6.07 Å². The third-order valence-corrected chi connectivity index (χ3v) is 6.28. The van der Waals surface area contributed by atoms with Crippen LogP contribution in [0.25, 0.3) is 0 Å². The molecule has 0 spiro atoms. The SMILES string of the molecule is O=C(NCC[C@@H]1[C@H]2CN(c3nc(Cl)ncc3F)C[C@@H]12)N1Cc2cccnc2C1. The molecule has 2 aliphatic heterocycles. The number of pyridine rings is 1. The van der Waals surface area contributed by atoms with E-state index in [1.807, 2.05) is 17.0 Å². The van der Waals surface area contributed by atoms with Crippen LogP contribution < -0.4 is 10.2 Å². The lowest BCUT2D eigenvalue weighted by Gasteiger charge is -2.21. The molecule has 1 N–H and O–H groups in total. The predicted octanol–water partition coefficient (Wildman–Crippen LogP) is 2.46. The highest BCUT2D eigenvalue weighted by Crippen LogP contribution is 2.54. The highest BCUT2D eigenvalue weighted by molar-refractivity contribution is 6.28. The normalized spacial score (nSPS) is 24.9. The number of rotatable bonds is 4. The van der Waals surface area contributed by atoms with Gasteiger partial charge in [-0.15, -0.1) is 0 Å². The molecule has 2 amide bonds. The van der Waals surface area contributed by atoms with E-state index in [1.165, 1.54) is 0 Å². The minimum Gasteiger partial charge on any atom is -0.353 e. The first-order valence-electron chi connectivity index (χ1n) is 9.48. The summed E-state index contributed by atoms with van der Waals surface area (Å²) in [7, 11) is 0. The van der Waals surface area contributed by atoms with Crippen molar-refractivity contribution >= 4 is 23.4 Å². The number of urea groups is 1.